The number of hydrogen-bond donors (Lipinski definition) is 3. The number of nitrogen functional groups attached to an aromatic ring is 1. The number of pyridine rings is 1. The summed E-state index contributed by atoms with van der Waals surface area (Å²) in [7, 11) is -3.85. The Morgan fingerprint density at radius 3 is 2.64 bits per heavy atom. The number of aromatic nitrogens is 1. The molecule has 0 aliphatic heterocycles. The number of carbonyl (C=O) groups is 1. The third-order valence-corrected chi connectivity index (χ3v) is 4.84. The van der Waals surface area contributed by atoms with Crippen LogP contribution in [0.3, 0.4) is 0 Å². The lowest BCUT2D eigenvalue weighted by Gasteiger charge is -2.20. The van der Waals surface area contributed by atoms with Crippen LogP contribution in [0.25, 0.3) is 0 Å². The largest absolute Gasteiger partial charge is 0.456 e. The fraction of sp³-hybridized carbons (Fsp3) is 0.533. The smallest absolute Gasteiger partial charge is 0.352 e. The number of anilines is 1. The maximum Gasteiger partial charge on any atom is 0.352 e. The van der Waals surface area contributed by atoms with Gasteiger partial charge < -0.3 is 10.5 Å². The molecule has 4 N–H and O–H groups in total. The number of nitrogens with two attached hydrogens (primary N) is 1. The van der Waals surface area contributed by atoms with Crippen LogP contribution in [0.4, 0.5) is 5.82 Å². The third-order valence-electron chi connectivity index (χ3n) is 2.96. The van der Waals surface area contributed by atoms with E-state index in [1.54, 1.807) is 27.7 Å². The van der Waals surface area contributed by atoms with Crippen molar-refractivity contribution in [2.75, 3.05) is 12.3 Å². The molecule has 10 heteroatoms. The van der Waals surface area contributed by atoms with Crippen molar-refractivity contribution in [3.63, 3.8) is 0 Å². The molecule has 0 fully saturated rings. The average molecular weight is 435 g/mol. The normalized spacial score (nSPS) is 13.3. The van der Waals surface area contributed by atoms with Crippen molar-refractivity contribution >= 4 is 43.5 Å². The van der Waals surface area contributed by atoms with E-state index in [-0.39, 0.29) is 35.3 Å². The Hall–Kier alpha value is -1.52. The standard InChI is InChI=1S/C15H23BrN4O4S/c1-9(5-11(17)14(21)24-15(2,3)4)7-20-25(22,23)12-6-10(16)8-19-13(12)18/h6,8-9,17,20H,5,7H2,1-4H3,(H2,18,19)/t9-/m1/s1. The molecule has 1 rings (SSSR count). The number of carbonyl (C=O) groups excluding carboxylic acids is 1. The first-order valence-electron chi connectivity index (χ1n) is 7.53. The summed E-state index contributed by atoms with van der Waals surface area (Å²) in [6.07, 6.45) is 1.49. The molecule has 0 radical (unpaired) electrons. The highest BCUT2D eigenvalue weighted by Crippen LogP contribution is 2.20. The van der Waals surface area contributed by atoms with Gasteiger partial charge in [-0.05, 0) is 48.7 Å². The zero-order valence-electron chi connectivity index (χ0n) is 14.6. The maximum atomic E-state index is 12.3. The molecule has 0 amide bonds. The van der Waals surface area contributed by atoms with E-state index < -0.39 is 21.6 Å². The van der Waals surface area contributed by atoms with Crippen LogP contribution in [-0.4, -0.2) is 37.2 Å². The Labute approximate surface area is 156 Å². The topological polar surface area (TPSA) is 135 Å². The quantitative estimate of drug-likeness (QED) is 0.443. The highest BCUT2D eigenvalue weighted by atomic mass is 79.9. The first-order chi connectivity index (χ1) is 11.3. The summed E-state index contributed by atoms with van der Waals surface area (Å²) < 4.78 is 32.7. The van der Waals surface area contributed by atoms with Gasteiger partial charge in [0.25, 0.3) is 0 Å². The number of ether oxygens (including phenoxy) is 1. The predicted octanol–water partition coefficient (Wildman–Crippen LogP) is 2.09. The minimum absolute atomic E-state index is 0.0411. The number of sulfonamides is 1. The highest BCUT2D eigenvalue weighted by Gasteiger charge is 2.23. The first kappa shape index (κ1) is 21.5. The Bertz CT molecular complexity index is 759. The minimum Gasteiger partial charge on any atom is -0.456 e. The SMILES string of the molecule is C[C@@H](CNS(=O)(=O)c1cc(Br)cnc1N)CC(=N)C(=O)OC(C)(C)C. The second-order valence-corrected chi connectivity index (χ2v) is 9.33. The van der Waals surface area contributed by atoms with Crippen molar-refractivity contribution in [3.8, 4) is 0 Å². The molecule has 140 valence electrons. The predicted molar refractivity (Wildman–Crippen MR) is 98.9 cm³/mol. The molecule has 0 unspecified atom stereocenters. The van der Waals surface area contributed by atoms with Crippen molar-refractivity contribution in [1.29, 1.82) is 5.41 Å². The van der Waals surface area contributed by atoms with Crippen molar-refractivity contribution in [3.05, 3.63) is 16.7 Å². The summed E-state index contributed by atoms with van der Waals surface area (Å²) >= 11 is 3.15. The second kappa shape index (κ2) is 8.24. The fourth-order valence-electron chi connectivity index (χ4n) is 1.82. The third kappa shape index (κ3) is 7.09. The van der Waals surface area contributed by atoms with Gasteiger partial charge in [0.15, 0.2) is 0 Å². The summed E-state index contributed by atoms with van der Waals surface area (Å²) in [5.41, 5.74) is 4.73. The van der Waals surface area contributed by atoms with Crippen molar-refractivity contribution in [2.24, 2.45) is 5.92 Å². The van der Waals surface area contributed by atoms with Gasteiger partial charge in [-0.2, -0.15) is 0 Å². The second-order valence-electron chi connectivity index (χ2n) is 6.68. The molecule has 0 saturated heterocycles. The molecule has 1 atom stereocenters. The Morgan fingerprint density at radius 1 is 1.48 bits per heavy atom. The lowest BCUT2D eigenvalue weighted by Crippen LogP contribution is -2.33. The summed E-state index contributed by atoms with van der Waals surface area (Å²) in [6, 6.07) is 1.36. The number of halogens is 1. The number of rotatable bonds is 7. The molecule has 0 aliphatic rings. The minimum atomic E-state index is -3.85. The van der Waals surface area contributed by atoms with Gasteiger partial charge >= 0.3 is 5.97 Å². The van der Waals surface area contributed by atoms with E-state index in [4.69, 9.17) is 15.9 Å². The average Bonchev–Trinajstić information content (AvgIpc) is 2.46. The van der Waals surface area contributed by atoms with Gasteiger partial charge in [-0.25, -0.2) is 22.9 Å². The zero-order chi connectivity index (χ0) is 19.4. The summed E-state index contributed by atoms with van der Waals surface area (Å²) in [6.45, 7) is 6.91. The molecule has 0 aliphatic carbocycles. The Balaban J connectivity index is 2.66. The molecule has 25 heavy (non-hydrogen) atoms. The van der Waals surface area contributed by atoms with Gasteiger partial charge in [-0.3, -0.25) is 5.41 Å². The van der Waals surface area contributed by atoms with E-state index in [0.29, 0.717) is 4.47 Å². The summed E-state index contributed by atoms with van der Waals surface area (Å²) in [5, 5.41) is 7.78. The van der Waals surface area contributed by atoms with E-state index in [1.807, 2.05) is 0 Å². The molecule has 0 saturated carbocycles. The van der Waals surface area contributed by atoms with E-state index in [1.165, 1.54) is 12.3 Å². The molecule has 8 nitrogen and oxygen atoms in total. The number of nitrogens with one attached hydrogen (secondary N) is 2. The van der Waals surface area contributed by atoms with Crippen molar-refractivity contribution in [1.82, 2.24) is 9.71 Å². The molecular formula is C15H23BrN4O4S. The van der Waals surface area contributed by atoms with Crippen LogP contribution >= 0.6 is 15.9 Å². The van der Waals surface area contributed by atoms with Gasteiger partial charge in [0.2, 0.25) is 10.0 Å². The number of esters is 1. The van der Waals surface area contributed by atoms with E-state index in [0.717, 1.165) is 0 Å². The molecular weight excluding hydrogens is 412 g/mol. The van der Waals surface area contributed by atoms with Crippen LogP contribution in [0.15, 0.2) is 21.6 Å². The molecule has 1 aromatic heterocycles. The molecule has 1 aromatic rings. The van der Waals surface area contributed by atoms with Crippen LogP contribution in [0.5, 0.6) is 0 Å². The molecule has 0 bridgehead atoms. The monoisotopic (exact) mass is 434 g/mol. The Kier molecular flexibility index (Phi) is 7.09. The molecule has 0 spiro atoms. The Morgan fingerprint density at radius 2 is 2.08 bits per heavy atom. The van der Waals surface area contributed by atoms with Gasteiger partial charge in [0, 0.05) is 23.6 Å². The van der Waals surface area contributed by atoms with Crippen molar-refractivity contribution < 1.29 is 17.9 Å². The fourth-order valence-corrected chi connectivity index (χ4v) is 3.57. The maximum absolute atomic E-state index is 12.3. The number of hydrogen-bond acceptors (Lipinski definition) is 7. The van der Waals surface area contributed by atoms with E-state index in [2.05, 4.69) is 25.6 Å². The summed E-state index contributed by atoms with van der Waals surface area (Å²) in [4.78, 5) is 15.4. The van der Waals surface area contributed by atoms with Gasteiger partial charge in [0.05, 0.1) is 0 Å². The summed E-state index contributed by atoms with van der Waals surface area (Å²) in [5.74, 6) is -1.09. The molecule has 1 heterocycles. The van der Waals surface area contributed by atoms with Gasteiger partial charge in [-0.15, -0.1) is 0 Å². The zero-order valence-corrected chi connectivity index (χ0v) is 17.0. The number of nitrogens with zero attached hydrogens (tertiary/aromatic N) is 1. The van der Waals surface area contributed by atoms with Crippen LogP contribution < -0.4 is 10.5 Å². The molecule has 0 aromatic carbocycles. The first-order valence-corrected chi connectivity index (χ1v) is 9.81. The van der Waals surface area contributed by atoms with Crippen LogP contribution in [-0.2, 0) is 19.6 Å². The van der Waals surface area contributed by atoms with Crippen LogP contribution in [0, 0.1) is 11.3 Å². The lowest BCUT2D eigenvalue weighted by molar-refractivity contribution is -0.146. The van der Waals surface area contributed by atoms with Crippen molar-refractivity contribution in [2.45, 2.75) is 44.6 Å². The lowest BCUT2D eigenvalue weighted by atomic mass is 10.0. The van der Waals surface area contributed by atoms with Crippen LogP contribution in [0.2, 0.25) is 0 Å². The van der Waals surface area contributed by atoms with E-state index in [9.17, 15) is 13.2 Å². The highest BCUT2D eigenvalue weighted by molar-refractivity contribution is 9.10. The van der Waals surface area contributed by atoms with Crippen LogP contribution in [0.1, 0.15) is 34.1 Å². The van der Waals surface area contributed by atoms with Gasteiger partial charge in [-0.1, -0.05) is 6.92 Å². The van der Waals surface area contributed by atoms with Gasteiger partial charge in [0.1, 0.15) is 22.0 Å². The van der Waals surface area contributed by atoms with E-state index >= 15 is 0 Å².